The molecule has 0 saturated heterocycles. The number of allylic oxidation sites excluding steroid dienone is 3. The minimum Gasteiger partial charge on any atom is -0.103 e. The molecule has 154 valence electrons. The van der Waals surface area contributed by atoms with Crippen LogP contribution in [0.25, 0.3) is 0 Å². The molecule has 0 atom stereocenters. The predicted molar refractivity (Wildman–Crippen MR) is 122 cm³/mol. The van der Waals surface area contributed by atoms with Gasteiger partial charge < -0.3 is 0 Å². The van der Waals surface area contributed by atoms with Crippen LogP contribution in [0.3, 0.4) is 0 Å². The van der Waals surface area contributed by atoms with Gasteiger partial charge in [0.2, 0.25) is 0 Å². The summed E-state index contributed by atoms with van der Waals surface area (Å²) < 4.78 is 0. The minimum atomic E-state index is 1.20. The maximum absolute atomic E-state index is 3.78. The van der Waals surface area contributed by atoms with Crippen LogP contribution in [0.5, 0.6) is 0 Å². The smallest absolute Gasteiger partial charge is 0.0351 e. The minimum absolute atomic E-state index is 1.20. The molecule has 0 aromatic rings. The third-order valence-electron chi connectivity index (χ3n) is 5.42. The molecule has 0 aromatic heterocycles. The van der Waals surface area contributed by atoms with Crippen LogP contribution >= 0.6 is 0 Å². The van der Waals surface area contributed by atoms with Gasteiger partial charge in [0.1, 0.15) is 0 Å². The van der Waals surface area contributed by atoms with Crippen LogP contribution in [0, 0.1) is 0 Å². The van der Waals surface area contributed by atoms with E-state index in [9.17, 15) is 0 Å². The lowest BCUT2D eigenvalue weighted by Gasteiger charge is -2.03. The molecule has 0 bridgehead atoms. The van der Waals surface area contributed by atoms with Gasteiger partial charge in [-0.1, -0.05) is 121 Å². The zero-order valence-electron chi connectivity index (χ0n) is 18.3. The Morgan fingerprint density at radius 3 is 1.08 bits per heavy atom. The van der Waals surface area contributed by atoms with Gasteiger partial charge in [-0.2, -0.15) is 0 Å². The summed E-state index contributed by atoms with van der Waals surface area (Å²) in [5.41, 5.74) is 0. The summed E-state index contributed by atoms with van der Waals surface area (Å²) in [4.78, 5) is 0. The quantitative estimate of drug-likeness (QED) is 0.133. The summed E-state index contributed by atoms with van der Waals surface area (Å²) in [7, 11) is 0. The van der Waals surface area contributed by atoms with Gasteiger partial charge in [-0.15, -0.1) is 6.58 Å². The first kappa shape index (κ1) is 25.5. The highest BCUT2D eigenvalue weighted by Gasteiger charge is 1.94. The van der Waals surface area contributed by atoms with Crippen LogP contribution in [0.4, 0.5) is 0 Å². The molecular formula is C26H50. The van der Waals surface area contributed by atoms with Crippen LogP contribution in [-0.2, 0) is 0 Å². The average Bonchev–Trinajstić information content (AvgIpc) is 2.66. The Balaban J connectivity index is 3.02. The van der Waals surface area contributed by atoms with Gasteiger partial charge in [-0.05, 0) is 38.5 Å². The fraction of sp³-hybridized carbons (Fsp3) is 0.846. The van der Waals surface area contributed by atoms with E-state index in [2.05, 4.69) is 25.7 Å². The molecule has 0 aliphatic carbocycles. The third kappa shape index (κ3) is 23.5. The van der Waals surface area contributed by atoms with Gasteiger partial charge in [0.05, 0.1) is 0 Å². The molecule has 0 heterocycles. The maximum Gasteiger partial charge on any atom is -0.0351 e. The zero-order valence-corrected chi connectivity index (χ0v) is 18.3. The Morgan fingerprint density at radius 1 is 0.423 bits per heavy atom. The van der Waals surface area contributed by atoms with Crippen molar-refractivity contribution in [3.63, 3.8) is 0 Å². The number of hydrogen-bond acceptors (Lipinski definition) is 0. The molecule has 26 heavy (non-hydrogen) atoms. The molecule has 0 unspecified atom stereocenters. The molecular weight excluding hydrogens is 312 g/mol. The summed E-state index contributed by atoms with van der Waals surface area (Å²) in [5, 5.41) is 0. The van der Waals surface area contributed by atoms with E-state index in [-0.39, 0.29) is 0 Å². The van der Waals surface area contributed by atoms with E-state index in [1.165, 1.54) is 135 Å². The highest BCUT2D eigenvalue weighted by atomic mass is 14.0. The van der Waals surface area contributed by atoms with Crippen molar-refractivity contribution in [2.75, 3.05) is 0 Å². The number of hydrogen-bond donors (Lipinski definition) is 0. The monoisotopic (exact) mass is 362 g/mol. The lowest BCUT2D eigenvalue weighted by Crippen LogP contribution is -1.83. The predicted octanol–water partition coefficient (Wildman–Crippen LogP) is 9.94. The third-order valence-corrected chi connectivity index (χ3v) is 5.42. The summed E-state index contributed by atoms with van der Waals surface area (Å²) in [6.07, 6.45) is 36.4. The van der Waals surface area contributed by atoms with E-state index in [1.807, 2.05) is 6.08 Å². The van der Waals surface area contributed by atoms with Crippen molar-refractivity contribution in [1.29, 1.82) is 0 Å². The SMILES string of the molecule is C=CCCCCCCCCCCCCCCCCC=CCCCCCC. The van der Waals surface area contributed by atoms with Crippen molar-refractivity contribution in [2.45, 2.75) is 142 Å². The Morgan fingerprint density at radius 2 is 0.731 bits per heavy atom. The van der Waals surface area contributed by atoms with E-state index >= 15 is 0 Å². The van der Waals surface area contributed by atoms with Gasteiger partial charge in [0, 0.05) is 0 Å². The molecule has 0 fully saturated rings. The van der Waals surface area contributed by atoms with Gasteiger partial charge in [-0.25, -0.2) is 0 Å². The molecule has 0 heteroatoms. The first-order chi connectivity index (χ1) is 12.9. The maximum atomic E-state index is 3.78. The van der Waals surface area contributed by atoms with Crippen LogP contribution in [0.2, 0.25) is 0 Å². The first-order valence-corrected chi connectivity index (χ1v) is 12.2. The van der Waals surface area contributed by atoms with Crippen molar-refractivity contribution in [3.05, 3.63) is 24.8 Å². The Labute approximate surface area is 166 Å². The Hall–Kier alpha value is -0.520. The summed E-state index contributed by atoms with van der Waals surface area (Å²) >= 11 is 0. The van der Waals surface area contributed by atoms with Crippen molar-refractivity contribution < 1.29 is 0 Å². The standard InChI is InChI=1S/C26H50/c1-3-5-7-9-11-13-15-17-19-21-23-25-26-24-22-20-18-16-14-12-10-8-6-4-2/h3,14,16H,1,4-13,15,17-26H2,2H3. The van der Waals surface area contributed by atoms with Gasteiger partial charge in [0.25, 0.3) is 0 Å². The topological polar surface area (TPSA) is 0 Å². The fourth-order valence-corrected chi connectivity index (χ4v) is 3.60. The lowest BCUT2D eigenvalue weighted by molar-refractivity contribution is 0.534. The molecule has 0 aromatic carbocycles. The van der Waals surface area contributed by atoms with Crippen LogP contribution in [0.15, 0.2) is 24.8 Å². The molecule has 0 nitrogen and oxygen atoms in total. The average molecular weight is 363 g/mol. The molecule has 0 amide bonds. The first-order valence-electron chi connectivity index (χ1n) is 12.2. The van der Waals surface area contributed by atoms with Crippen molar-refractivity contribution in [1.82, 2.24) is 0 Å². The molecule has 0 radical (unpaired) electrons. The fourth-order valence-electron chi connectivity index (χ4n) is 3.60. The summed E-state index contributed by atoms with van der Waals surface area (Å²) in [6.45, 7) is 6.06. The Kier molecular flexibility index (Phi) is 24.0. The number of rotatable bonds is 22. The summed E-state index contributed by atoms with van der Waals surface area (Å²) in [5.74, 6) is 0. The van der Waals surface area contributed by atoms with Crippen molar-refractivity contribution >= 4 is 0 Å². The molecule has 0 spiro atoms. The second-order valence-corrected chi connectivity index (χ2v) is 8.14. The molecule has 0 aliphatic rings. The second-order valence-electron chi connectivity index (χ2n) is 8.14. The van der Waals surface area contributed by atoms with E-state index in [0.717, 1.165) is 0 Å². The van der Waals surface area contributed by atoms with Gasteiger partial charge in [-0.3, -0.25) is 0 Å². The van der Waals surface area contributed by atoms with E-state index in [0.29, 0.717) is 0 Å². The largest absolute Gasteiger partial charge is 0.103 e. The van der Waals surface area contributed by atoms with E-state index < -0.39 is 0 Å². The molecule has 0 aliphatic heterocycles. The molecule has 0 N–H and O–H groups in total. The van der Waals surface area contributed by atoms with Crippen LogP contribution < -0.4 is 0 Å². The van der Waals surface area contributed by atoms with Gasteiger partial charge in [0.15, 0.2) is 0 Å². The van der Waals surface area contributed by atoms with E-state index in [1.54, 1.807) is 0 Å². The van der Waals surface area contributed by atoms with Crippen LogP contribution in [-0.4, -0.2) is 0 Å². The van der Waals surface area contributed by atoms with Crippen molar-refractivity contribution in [3.8, 4) is 0 Å². The zero-order chi connectivity index (χ0) is 19.0. The highest BCUT2D eigenvalue weighted by molar-refractivity contribution is 4.81. The molecule has 0 saturated carbocycles. The Bertz CT molecular complexity index is 276. The van der Waals surface area contributed by atoms with Gasteiger partial charge >= 0.3 is 0 Å². The van der Waals surface area contributed by atoms with E-state index in [4.69, 9.17) is 0 Å². The lowest BCUT2D eigenvalue weighted by atomic mass is 10.0. The highest BCUT2D eigenvalue weighted by Crippen LogP contribution is 2.14. The van der Waals surface area contributed by atoms with Crippen molar-refractivity contribution in [2.24, 2.45) is 0 Å². The normalized spacial score (nSPS) is 11.4. The molecule has 0 rings (SSSR count). The second kappa shape index (κ2) is 24.5. The number of unbranched alkanes of at least 4 members (excludes halogenated alkanes) is 19. The van der Waals surface area contributed by atoms with Crippen LogP contribution in [0.1, 0.15) is 142 Å². The summed E-state index contributed by atoms with van der Waals surface area (Å²) in [6, 6.07) is 0.